The van der Waals surface area contributed by atoms with E-state index in [1.165, 1.54) is 28.8 Å². The van der Waals surface area contributed by atoms with Crippen molar-refractivity contribution in [3.8, 4) is 0 Å². The molecule has 4 rings (SSSR count). The number of piperazine rings is 1. The monoisotopic (exact) mass is 482 g/mol. The van der Waals surface area contributed by atoms with E-state index in [0.29, 0.717) is 51.3 Å². The highest BCUT2D eigenvalue weighted by Crippen LogP contribution is 2.32. The minimum atomic E-state index is -4.41. The number of nitrogens with zero attached hydrogens (tertiary/aromatic N) is 4. The van der Waals surface area contributed by atoms with Gasteiger partial charge in [-0.3, -0.25) is 9.78 Å². The van der Waals surface area contributed by atoms with Crippen LogP contribution in [0.25, 0.3) is 0 Å². The molecular formula is C22H25F3N4O3S. The van der Waals surface area contributed by atoms with Crippen LogP contribution in [0, 0.1) is 5.92 Å². The fourth-order valence-electron chi connectivity index (χ4n) is 4.33. The Bertz CT molecular complexity index is 1090. The molecule has 0 saturated carbocycles. The third kappa shape index (κ3) is 5.14. The Morgan fingerprint density at radius 2 is 1.79 bits per heavy atom. The maximum atomic E-state index is 13.1. The molecule has 2 aliphatic rings. The molecule has 2 saturated heterocycles. The van der Waals surface area contributed by atoms with Crippen molar-refractivity contribution in [2.75, 3.05) is 44.2 Å². The molecule has 2 fully saturated rings. The van der Waals surface area contributed by atoms with Crippen LogP contribution in [0.2, 0.25) is 0 Å². The molecule has 0 spiro atoms. The van der Waals surface area contributed by atoms with Crippen molar-refractivity contribution in [3.63, 3.8) is 0 Å². The van der Waals surface area contributed by atoms with E-state index in [2.05, 4.69) is 4.98 Å². The minimum Gasteiger partial charge on any atom is -0.368 e. The van der Waals surface area contributed by atoms with Crippen LogP contribution in [-0.4, -0.2) is 67.8 Å². The third-order valence-corrected chi connectivity index (χ3v) is 7.98. The number of benzene rings is 1. The Labute approximate surface area is 190 Å². The fraction of sp³-hybridized carbons (Fsp3) is 0.455. The minimum absolute atomic E-state index is 0.104. The van der Waals surface area contributed by atoms with E-state index in [4.69, 9.17) is 0 Å². The summed E-state index contributed by atoms with van der Waals surface area (Å²) in [5.74, 6) is -0.546. The van der Waals surface area contributed by atoms with Gasteiger partial charge < -0.3 is 9.80 Å². The van der Waals surface area contributed by atoms with Crippen molar-refractivity contribution >= 4 is 21.6 Å². The molecule has 1 aromatic carbocycles. The second-order valence-electron chi connectivity index (χ2n) is 8.25. The van der Waals surface area contributed by atoms with Crippen LogP contribution in [0.1, 0.15) is 18.4 Å². The molecule has 0 bridgehead atoms. The summed E-state index contributed by atoms with van der Waals surface area (Å²) < 4.78 is 66.2. The topological polar surface area (TPSA) is 73.8 Å². The molecule has 1 amide bonds. The highest BCUT2D eigenvalue weighted by atomic mass is 32.2. The predicted octanol–water partition coefficient (Wildman–Crippen LogP) is 2.85. The Morgan fingerprint density at radius 1 is 1.03 bits per heavy atom. The molecule has 1 aromatic heterocycles. The summed E-state index contributed by atoms with van der Waals surface area (Å²) in [4.78, 5) is 20.6. The fourth-order valence-corrected chi connectivity index (χ4v) is 5.82. The van der Waals surface area contributed by atoms with E-state index >= 15 is 0 Å². The first-order valence-corrected chi connectivity index (χ1v) is 12.2. The number of aromatic nitrogens is 1. The van der Waals surface area contributed by atoms with Gasteiger partial charge in [0.2, 0.25) is 15.9 Å². The molecule has 0 N–H and O–H groups in total. The van der Waals surface area contributed by atoms with Crippen molar-refractivity contribution in [1.29, 1.82) is 0 Å². The number of anilines is 1. The van der Waals surface area contributed by atoms with Crippen molar-refractivity contribution in [2.45, 2.75) is 23.9 Å². The van der Waals surface area contributed by atoms with Gasteiger partial charge in [-0.25, -0.2) is 8.42 Å². The Morgan fingerprint density at radius 3 is 2.45 bits per heavy atom. The number of hydrogen-bond acceptors (Lipinski definition) is 5. The van der Waals surface area contributed by atoms with Crippen LogP contribution >= 0.6 is 0 Å². The maximum Gasteiger partial charge on any atom is 0.416 e. The molecule has 1 atom stereocenters. The second kappa shape index (κ2) is 9.30. The summed E-state index contributed by atoms with van der Waals surface area (Å²) in [6.45, 7) is 2.05. The summed E-state index contributed by atoms with van der Waals surface area (Å²) in [6, 6.07) is 8.23. The number of alkyl halides is 3. The summed E-state index contributed by atoms with van der Waals surface area (Å²) in [6.07, 6.45) is -0.420. The molecule has 1 unspecified atom stereocenters. The summed E-state index contributed by atoms with van der Waals surface area (Å²) in [7, 11) is -3.72. The highest BCUT2D eigenvalue weighted by Gasteiger charge is 2.36. The first kappa shape index (κ1) is 23.5. The van der Waals surface area contributed by atoms with Crippen molar-refractivity contribution in [2.24, 2.45) is 5.92 Å². The van der Waals surface area contributed by atoms with E-state index in [0.717, 1.165) is 12.1 Å². The van der Waals surface area contributed by atoms with E-state index in [1.54, 1.807) is 17.0 Å². The molecule has 11 heteroatoms. The van der Waals surface area contributed by atoms with Gasteiger partial charge in [0.25, 0.3) is 0 Å². The molecule has 178 valence electrons. The van der Waals surface area contributed by atoms with E-state index in [1.807, 2.05) is 4.90 Å². The van der Waals surface area contributed by atoms with Crippen molar-refractivity contribution in [1.82, 2.24) is 14.2 Å². The lowest BCUT2D eigenvalue weighted by molar-refractivity contribution is -0.137. The number of pyridine rings is 1. The quantitative estimate of drug-likeness (QED) is 0.670. The zero-order chi connectivity index (χ0) is 23.6. The molecular weight excluding hydrogens is 457 g/mol. The normalized spacial score (nSPS) is 20.6. The largest absolute Gasteiger partial charge is 0.416 e. The van der Waals surface area contributed by atoms with Gasteiger partial charge in [0.1, 0.15) is 4.90 Å². The lowest BCUT2D eigenvalue weighted by Gasteiger charge is -2.39. The highest BCUT2D eigenvalue weighted by molar-refractivity contribution is 7.89. The number of rotatable bonds is 4. The maximum absolute atomic E-state index is 13.1. The van der Waals surface area contributed by atoms with Crippen LogP contribution in [0.4, 0.5) is 18.9 Å². The van der Waals surface area contributed by atoms with Gasteiger partial charge in [-0.1, -0.05) is 6.07 Å². The molecule has 2 aliphatic heterocycles. The second-order valence-corrected chi connectivity index (χ2v) is 10.2. The number of halogens is 3. The van der Waals surface area contributed by atoms with E-state index in [-0.39, 0.29) is 17.3 Å². The number of sulfonamides is 1. The van der Waals surface area contributed by atoms with Gasteiger partial charge >= 0.3 is 6.18 Å². The van der Waals surface area contributed by atoms with Gasteiger partial charge in [-0.15, -0.1) is 0 Å². The van der Waals surface area contributed by atoms with Crippen LogP contribution in [0.3, 0.4) is 0 Å². The third-order valence-electron chi connectivity index (χ3n) is 6.14. The first-order chi connectivity index (χ1) is 15.7. The average Bonchev–Trinajstić information content (AvgIpc) is 2.84. The summed E-state index contributed by atoms with van der Waals surface area (Å²) in [5, 5.41) is 0. The Kier molecular flexibility index (Phi) is 6.62. The molecule has 0 aliphatic carbocycles. The Hall–Kier alpha value is -2.66. The van der Waals surface area contributed by atoms with Crippen LogP contribution < -0.4 is 4.90 Å². The molecule has 0 radical (unpaired) electrons. The predicted molar refractivity (Wildman–Crippen MR) is 116 cm³/mol. The number of amides is 1. The smallest absolute Gasteiger partial charge is 0.368 e. The standard InChI is InChI=1S/C22H25F3N4O3S/c23-22(24,25)18-5-1-6-19(14-18)27-10-12-28(13-11-27)21(30)17-4-3-9-29(16-17)33(31,32)20-7-2-8-26-15-20/h1-2,5-8,14-15,17H,3-4,9-13,16H2. The van der Waals surface area contributed by atoms with Crippen LogP contribution in [0.5, 0.6) is 0 Å². The lowest BCUT2D eigenvalue weighted by Crippen LogP contribution is -2.53. The molecule has 7 nitrogen and oxygen atoms in total. The number of piperidine rings is 1. The van der Waals surface area contributed by atoms with Crippen molar-refractivity contribution in [3.05, 3.63) is 54.4 Å². The zero-order valence-electron chi connectivity index (χ0n) is 17.9. The van der Waals surface area contributed by atoms with Crippen LogP contribution in [0.15, 0.2) is 53.7 Å². The summed E-state index contributed by atoms with van der Waals surface area (Å²) in [5.41, 5.74) is -0.223. The van der Waals surface area contributed by atoms with E-state index < -0.39 is 27.7 Å². The number of carbonyl (C=O) groups excluding carboxylic acids is 1. The van der Waals surface area contributed by atoms with Gasteiger partial charge in [0.05, 0.1) is 11.5 Å². The average molecular weight is 483 g/mol. The van der Waals surface area contributed by atoms with Gasteiger partial charge in [-0.05, 0) is 43.2 Å². The zero-order valence-corrected chi connectivity index (χ0v) is 18.7. The van der Waals surface area contributed by atoms with Gasteiger partial charge in [0.15, 0.2) is 0 Å². The number of carbonyl (C=O) groups is 1. The van der Waals surface area contributed by atoms with Crippen molar-refractivity contribution < 1.29 is 26.4 Å². The van der Waals surface area contributed by atoms with E-state index in [9.17, 15) is 26.4 Å². The SMILES string of the molecule is O=C(C1CCCN(S(=O)(=O)c2cccnc2)C1)N1CCN(c2cccc(C(F)(F)F)c2)CC1. The lowest BCUT2D eigenvalue weighted by atomic mass is 9.97. The molecule has 33 heavy (non-hydrogen) atoms. The summed E-state index contributed by atoms with van der Waals surface area (Å²) >= 11 is 0. The Balaban J connectivity index is 1.38. The molecule has 2 aromatic rings. The first-order valence-electron chi connectivity index (χ1n) is 10.8. The number of hydrogen-bond donors (Lipinski definition) is 0. The van der Waals surface area contributed by atoms with Crippen LogP contribution in [-0.2, 0) is 21.0 Å². The molecule has 3 heterocycles. The van der Waals surface area contributed by atoms with Gasteiger partial charge in [0, 0.05) is 57.3 Å². The van der Waals surface area contributed by atoms with Gasteiger partial charge in [-0.2, -0.15) is 17.5 Å².